The van der Waals surface area contributed by atoms with E-state index in [-0.39, 0.29) is 5.91 Å². The second-order valence-electron chi connectivity index (χ2n) is 7.07. The van der Waals surface area contributed by atoms with Crippen molar-refractivity contribution < 1.29 is 4.79 Å². The Kier molecular flexibility index (Phi) is 5.53. The first-order valence-corrected chi connectivity index (χ1v) is 9.05. The highest BCUT2D eigenvalue weighted by Crippen LogP contribution is 2.14. The third-order valence-electron chi connectivity index (χ3n) is 5.07. The minimum atomic E-state index is 0.243. The zero-order valence-electron chi connectivity index (χ0n) is 15.5. The molecule has 25 heavy (non-hydrogen) atoms. The van der Waals surface area contributed by atoms with Crippen LogP contribution in [0.1, 0.15) is 28.9 Å². The Balaban J connectivity index is 1.58. The van der Waals surface area contributed by atoms with E-state index >= 15 is 0 Å². The fourth-order valence-corrected chi connectivity index (χ4v) is 3.39. The molecule has 0 saturated carbocycles. The highest BCUT2D eigenvalue weighted by molar-refractivity contribution is 5.79. The summed E-state index contributed by atoms with van der Waals surface area (Å²) < 4.78 is 2.06. The summed E-state index contributed by atoms with van der Waals surface area (Å²) in [5.41, 5.74) is 3.56. The molecule has 2 heterocycles. The van der Waals surface area contributed by atoms with E-state index in [0.717, 1.165) is 50.5 Å². The Hall–Kier alpha value is -2.14. The largest absolute Gasteiger partial charge is 0.341 e. The minimum Gasteiger partial charge on any atom is -0.341 e. The maximum absolute atomic E-state index is 12.8. The van der Waals surface area contributed by atoms with Gasteiger partial charge in [0.25, 0.3) is 0 Å². The number of hydrogen-bond donors (Lipinski definition) is 0. The molecule has 1 aliphatic rings. The molecular weight excluding hydrogens is 312 g/mol. The molecule has 1 amide bonds. The monoisotopic (exact) mass is 340 g/mol. The minimum absolute atomic E-state index is 0.243. The first-order chi connectivity index (χ1) is 12.0. The summed E-state index contributed by atoms with van der Waals surface area (Å²) in [4.78, 5) is 21.6. The van der Waals surface area contributed by atoms with Crippen LogP contribution in [0, 0.1) is 13.8 Å². The molecule has 0 spiro atoms. The lowest BCUT2D eigenvalue weighted by molar-refractivity contribution is -0.130. The second kappa shape index (κ2) is 7.83. The highest BCUT2D eigenvalue weighted by atomic mass is 16.2. The van der Waals surface area contributed by atoms with Gasteiger partial charge in [-0.15, -0.1) is 0 Å². The van der Waals surface area contributed by atoms with E-state index < -0.39 is 0 Å². The Morgan fingerprint density at radius 1 is 1.16 bits per heavy atom. The molecule has 0 radical (unpaired) electrons. The first kappa shape index (κ1) is 17.7. The summed E-state index contributed by atoms with van der Waals surface area (Å²) in [5.74, 6) is 1.32. The summed E-state index contributed by atoms with van der Waals surface area (Å²) >= 11 is 0. The number of amides is 1. The SMILES string of the molecule is Cc1ccc(C)c(CC(=O)N2CCCN(Cc3nccn3C)CC2)c1. The van der Waals surface area contributed by atoms with E-state index in [4.69, 9.17) is 0 Å². The summed E-state index contributed by atoms with van der Waals surface area (Å²) in [5, 5.41) is 0. The van der Waals surface area contributed by atoms with E-state index in [9.17, 15) is 4.79 Å². The van der Waals surface area contributed by atoms with Gasteiger partial charge in [-0.25, -0.2) is 4.98 Å². The van der Waals surface area contributed by atoms with Gasteiger partial charge < -0.3 is 9.47 Å². The fourth-order valence-electron chi connectivity index (χ4n) is 3.39. The van der Waals surface area contributed by atoms with Gasteiger partial charge in [0.05, 0.1) is 13.0 Å². The predicted molar refractivity (Wildman–Crippen MR) is 99.3 cm³/mol. The van der Waals surface area contributed by atoms with Gasteiger partial charge in [-0.05, 0) is 31.4 Å². The number of hydrogen-bond acceptors (Lipinski definition) is 3. The molecule has 1 aromatic heterocycles. The third-order valence-corrected chi connectivity index (χ3v) is 5.07. The molecule has 0 bridgehead atoms. The molecule has 1 aromatic carbocycles. The summed E-state index contributed by atoms with van der Waals surface area (Å²) in [6.07, 6.45) is 5.34. The van der Waals surface area contributed by atoms with Crippen molar-refractivity contribution in [3.8, 4) is 0 Å². The first-order valence-electron chi connectivity index (χ1n) is 9.05. The van der Waals surface area contributed by atoms with Gasteiger partial charge in [-0.1, -0.05) is 23.8 Å². The van der Waals surface area contributed by atoms with Crippen LogP contribution in [0.3, 0.4) is 0 Å². The summed E-state index contributed by atoms with van der Waals surface area (Å²) in [6, 6.07) is 6.35. The highest BCUT2D eigenvalue weighted by Gasteiger charge is 2.20. The fraction of sp³-hybridized carbons (Fsp3) is 0.500. The number of rotatable bonds is 4. The van der Waals surface area contributed by atoms with Gasteiger partial charge in [0.15, 0.2) is 0 Å². The van der Waals surface area contributed by atoms with Crippen molar-refractivity contribution >= 4 is 5.91 Å². The normalized spacial score (nSPS) is 16.0. The van der Waals surface area contributed by atoms with Gasteiger partial charge in [0.1, 0.15) is 5.82 Å². The zero-order valence-corrected chi connectivity index (χ0v) is 15.5. The molecule has 5 nitrogen and oxygen atoms in total. The second-order valence-corrected chi connectivity index (χ2v) is 7.07. The summed E-state index contributed by atoms with van der Waals surface area (Å²) in [6.45, 7) is 8.58. The predicted octanol–water partition coefficient (Wildman–Crippen LogP) is 2.31. The molecule has 1 saturated heterocycles. The third kappa shape index (κ3) is 4.48. The number of imidazole rings is 1. The Labute approximate surface area is 150 Å². The van der Waals surface area contributed by atoms with Crippen LogP contribution in [0.2, 0.25) is 0 Å². The van der Waals surface area contributed by atoms with Crippen LogP contribution in [0.4, 0.5) is 0 Å². The van der Waals surface area contributed by atoms with E-state index in [1.165, 1.54) is 11.1 Å². The van der Waals surface area contributed by atoms with Crippen LogP contribution in [0.25, 0.3) is 0 Å². The zero-order chi connectivity index (χ0) is 17.8. The molecule has 5 heteroatoms. The van der Waals surface area contributed by atoms with Crippen molar-refractivity contribution in [1.82, 2.24) is 19.4 Å². The van der Waals surface area contributed by atoms with Crippen LogP contribution in [-0.2, 0) is 24.8 Å². The molecule has 1 fully saturated rings. The number of benzene rings is 1. The molecule has 0 aliphatic carbocycles. The summed E-state index contributed by atoms with van der Waals surface area (Å²) in [7, 11) is 2.03. The van der Waals surface area contributed by atoms with E-state index in [1.54, 1.807) is 0 Å². The molecule has 0 unspecified atom stereocenters. The molecule has 0 atom stereocenters. The van der Waals surface area contributed by atoms with Crippen LogP contribution >= 0.6 is 0 Å². The number of carbonyl (C=O) groups is 1. The average molecular weight is 340 g/mol. The number of nitrogens with zero attached hydrogens (tertiary/aromatic N) is 4. The lowest BCUT2D eigenvalue weighted by atomic mass is 10.0. The van der Waals surface area contributed by atoms with Gasteiger partial charge in [0.2, 0.25) is 5.91 Å². The van der Waals surface area contributed by atoms with E-state index in [1.807, 2.05) is 24.3 Å². The van der Waals surface area contributed by atoms with Gasteiger partial charge in [-0.3, -0.25) is 9.69 Å². The Morgan fingerprint density at radius 3 is 2.76 bits per heavy atom. The van der Waals surface area contributed by atoms with Crippen LogP contribution in [0.15, 0.2) is 30.6 Å². The van der Waals surface area contributed by atoms with Crippen LogP contribution < -0.4 is 0 Å². The number of carbonyl (C=O) groups excluding carboxylic acids is 1. The van der Waals surface area contributed by atoms with Crippen LogP contribution in [-0.4, -0.2) is 51.4 Å². The van der Waals surface area contributed by atoms with Crippen molar-refractivity contribution in [2.45, 2.75) is 33.2 Å². The molecule has 0 N–H and O–H groups in total. The van der Waals surface area contributed by atoms with Crippen LogP contribution in [0.5, 0.6) is 0 Å². The lowest BCUT2D eigenvalue weighted by Crippen LogP contribution is -2.36. The number of aryl methyl sites for hydroxylation is 3. The lowest BCUT2D eigenvalue weighted by Gasteiger charge is -2.22. The van der Waals surface area contributed by atoms with Crippen molar-refractivity contribution in [1.29, 1.82) is 0 Å². The van der Waals surface area contributed by atoms with Crippen molar-refractivity contribution in [3.05, 3.63) is 53.1 Å². The van der Waals surface area contributed by atoms with E-state index in [2.05, 4.69) is 46.5 Å². The standard InChI is InChI=1S/C20H28N4O/c1-16-5-6-17(2)18(13-16)14-20(25)24-9-4-8-23(11-12-24)15-19-21-7-10-22(19)3/h5-7,10,13H,4,8-9,11-12,14-15H2,1-3H3. The molecule has 2 aromatic rings. The molecule has 3 rings (SSSR count). The molecular formula is C20H28N4O. The maximum Gasteiger partial charge on any atom is 0.227 e. The van der Waals surface area contributed by atoms with Crippen molar-refractivity contribution in [2.75, 3.05) is 26.2 Å². The Morgan fingerprint density at radius 2 is 2.00 bits per heavy atom. The van der Waals surface area contributed by atoms with Gasteiger partial charge in [0, 0.05) is 45.6 Å². The Bertz CT molecular complexity index is 737. The number of aromatic nitrogens is 2. The maximum atomic E-state index is 12.8. The van der Waals surface area contributed by atoms with Gasteiger partial charge in [-0.2, -0.15) is 0 Å². The average Bonchev–Trinajstić information content (AvgIpc) is 2.84. The molecule has 1 aliphatic heterocycles. The van der Waals surface area contributed by atoms with E-state index in [0.29, 0.717) is 6.42 Å². The van der Waals surface area contributed by atoms with Crippen molar-refractivity contribution in [2.24, 2.45) is 7.05 Å². The van der Waals surface area contributed by atoms with Crippen molar-refractivity contribution in [3.63, 3.8) is 0 Å². The quantitative estimate of drug-likeness (QED) is 0.858. The molecule has 134 valence electrons. The smallest absolute Gasteiger partial charge is 0.227 e. The van der Waals surface area contributed by atoms with Gasteiger partial charge >= 0.3 is 0 Å². The topological polar surface area (TPSA) is 41.4 Å².